The predicted molar refractivity (Wildman–Crippen MR) is 47.5 cm³/mol. The number of benzene rings is 1. The van der Waals surface area contributed by atoms with Crippen LogP contribution in [0.1, 0.15) is 12.0 Å². The summed E-state index contributed by atoms with van der Waals surface area (Å²) in [5, 5.41) is 2.23. The van der Waals surface area contributed by atoms with Gasteiger partial charge in [0.15, 0.2) is 0 Å². The van der Waals surface area contributed by atoms with Gasteiger partial charge in [0.2, 0.25) is 0 Å². The lowest BCUT2D eigenvalue weighted by molar-refractivity contribution is -0.627. The fraction of sp³-hybridized carbons (Fsp3) is 0.400. The van der Waals surface area contributed by atoms with E-state index in [0.29, 0.717) is 0 Å². The van der Waals surface area contributed by atoms with Crippen LogP contribution >= 0.6 is 0 Å². The Hall–Kier alpha value is -0.820. The van der Waals surface area contributed by atoms with Crippen molar-refractivity contribution in [2.75, 3.05) is 13.6 Å². The lowest BCUT2D eigenvalue weighted by Crippen LogP contribution is -2.79. The summed E-state index contributed by atoms with van der Waals surface area (Å²) < 4.78 is 0. The molecule has 2 N–H and O–H groups in total. The van der Waals surface area contributed by atoms with Crippen molar-refractivity contribution in [3.63, 3.8) is 0 Å². The molecule has 1 aromatic rings. The summed E-state index contributed by atoms with van der Waals surface area (Å²) >= 11 is 0. The Morgan fingerprint density at radius 1 is 1.18 bits per heavy atom. The highest BCUT2D eigenvalue weighted by atomic mass is 14.8. The topological polar surface area (TPSA) is 16.6 Å². The maximum atomic E-state index is 2.23. The predicted octanol–water partition coefficient (Wildman–Crippen LogP) is 0.812. The molecule has 60 valence electrons. The number of hydrogen-bond acceptors (Lipinski definition) is 0. The Morgan fingerprint density at radius 2 is 1.91 bits per heavy atom. The van der Waals surface area contributed by atoms with Gasteiger partial charge in [-0.15, -0.1) is 0 Å². The molecule has 1 nitrogen and oxygen atoms in total. The van der Waals surface area contributed by atoms with Crippen molar-refractivity contribution in [3.8, 4) is 0 Å². The Bertz CT molecular complexity index is 181. The number of hydrogen-bond donors (Lipinski definition) is 1. The highest BCUT2D eigenvalue weighted by Crippen LogP contribution is 2.00. The van der Waals surface area contributed by atoms with Crippen molar-refractivity contribution in [3.05, 3.63) is 35.9 Å². The standard InChI is InChI=1S/C10H15N/c1-11-9-5-8-10-6-3-2-4-7-10/h2-4,6-7,11H,5,8-9H2,1H3/p+1. The summed E-state index contributed by atoms with van der Waals surface area (Å²) in [6, 6.07) is 10.6. The second kappa shape index (κ2) is 4.91. The molecule has 0 aliphatic rings. The first-order valence-electron chi connectivity index (χ1n) is 4.25. The molecule has 0 aliphatic carbocycles. The van der Waals surface area contributed by atoms with Crippen molar-refractivity contribution in [2.45, 2.75) is 12.8 Å². The van der Waals surface area contributed by atoms with E-state index >= 15 is 0 Å². The van der Waals surface area contributed by atoms with Gasteiger partial charge in [0.25, 0.3) is 0 Å². The third-order valence-electron chi connectivity index (χ3n) is 1.80. The van der Waals surface area contributed by atoms with Crippen LogP contribution < -0.4 is 5.32 Å². The van der Waals surface area contributed by atoms with E-state index in [0.717, 1.165) is 0 Å². The summed E-state index contributed by atoms with van der Waals surface area (Å²) in [5.41, 5.74) is 1.45. The van der Waals surface area contributed by atoms with Crippen LogP contribution in [0.15, 0.2) is 30.3 Å². The number of nitrogens with two attached hydrogens (primary N) is 1. The Kier molecular flexibility index (Phi) is 3.70. The third-order valence-corrected chi connectivity index (χ3v) is 1.80. The van der Waals surface area contributed by atoms with Gasteiger partial charge in [0, 0.05) is 6.42 Å². The van der Waals surface area contributed by atoms with Crippen LogP contribution in [-0.4, -0.2) is 13.6 Å². The van der Waals surface area contributed by atoms with Gasteiger partial charge in [0.05, 0.1) is 13.6 Å². The van der Waals surface area contributed by atoms with Crippen LogP contribution in [0.25, 0.3) is 0 Å². The van der Waals surface area contributed by atoms with E-state index in [1.807, 2.05) is 0 Å². The van der Waals surface area contributed by atoms with Gasteiger partial charge in [-0.3, -0.25) is 0 Å². The zero-order chi connectivity index (χ0) is 7.94. The largest absolute Gasteiger partial charge is 0.349 e. The van der Waals surface area contributed by atoms with Gasteiger partial charge in [0.1, 0.15) is 0 Å². The van der Waals surface area contributed by atoms with Crippen LogP contribution in [0.4, 0.5) is 0 Å². The van der Waals surface area contributed by atoms with Crippen molar-refractivity contribution >= 4 is 0 Å². The molecule has 0 heterocycles. The van der Waals surface area contributed by atoms with Gasteiger partial charge in [-0.25, -0.2) is 0 Å². The molecular formula is C10H16N+. The Balaban J connectivity index is 2.28. The van der Waals surface area contributed by atoms with Gasteiger partial charge in [-0.1, -0.05) is 30.3 Å². The minimum atomic E-state index is 1.21. The fourth-order valence-electron chi connectivity index (χ4n) is 1.15. The van der Waals surface area contributed by atoms with E-state index in [1.54, 1.807) is 0 Å². The molecule has 1 heteroatoms. The molecule has 0 saturated carbocycles. The first-order valence-corrected chi connectivity index (χ1v) is 4.25. The van der Waals surface area contributed by atoms with E-state index in [4.69, 9.17) is 0 Å². The molecule has 0 unspecified atom stereocenters. The minimum absolute atomic E-state index is 1.21. The highest BCUT2D eigenvalue weighted by molar-refractivity contribution is 5.14. The number of quaternary nitrogens is 1. The zero-order valence-electron chi connectivity index (χ0n) is 7.09. The van der Waals surface area contributed by atoms with Crippen LogP contribution in [0.5, 0.6) is 0 Å². The van der Waals surface area contributed by atoms with Crippen molar-refractivity contribution in [2.24, 2.45) is 0 Å². The highest BCUT2D eigenvalue weighted by Gasteiger charge is 1.90. The van der Waals surface area contributed by atoms with E-state index in [2.05, 4.69) is 42.7 Å². The minimum Gasteiger partial charge on any atom is -0.349 e. The molecule has 0 amide bonds. The van der Waals surface area contributed by atoms with Gasteiger partial charge >= 0.3 is 0 Å². The summed E-state index contributed by atoms with van der Waals surface area (Å²) in [5.74, 6) is 0. The monoisotopic (exact) mass is 150 g/mol. The molecule has 0 fully saturated rings. The fourth-order valence-corrected chi connectivity index (χ4v) is 1.15. The molecule has 1 aromatic carbocycles. The van der Waals surface area contributed by atoms with Gasteiger partial charge in [-0.05, 0) is 12.0 Å². The van der Waals surface area contributed by atoms with Crippen LogP contribution in [0.3, 0.4) is 0 Å². The summed E-state index contributed by atoms with van der Waals surface area (Å²) in [6.45, 7) is 1.23. The van der Waals surface area contributed by atoms with E-state index in [9.17, 15) is 0 Å². The van der Waals surface area contributed by atoms with Crippen molar-refractivity contribution in [1.29, 1.82) is 0 Å². The van der Waals surface area contributed by atoms with E-state index in [-0.39, 0.29) is 0 Å². The third kappa shape index (κ3) is 3.19. The summed E-state index contributed by atoms with van der Waals surface area (Å²) in [4.78, 5) is 0. The molecule has 0 saturated heterocycles. The molecule has 11 heavy (non-hydrogen) atoms. The quantitative estimate of drug-likeness (QED) is 0.612. The van der Waals surface area contributed by atoms with Crippen LogP contribution in [0.2, 0.25) is 0 Å². The lowest BCUT2D eigenvalue weighted by atomic mass is 10.1. The molecule has 1 rings (SSSR count). The van der Waals surface area contributed by atoms with E-state index in [1.165, 1.54) is 24.9 Å². The average Bonchev–Trinajstić information content (AvgIpc) is 2.07. The average molecular weight is 150 g/mol. The molecule has 0 radical (unpaired) electrons. The van der Waals surface area contributed by atoms with Crippen molar-refractivity contribution < 1.29 is 5.32 Å². The maximum absolute atomic E-state index is 2.23. The zero-order valence-corrected chi connectivity index (χ0v) is 7.09. The SMILES string of the molecule is C[NH2+]CCCc1ccccc1. The first-order chi connectivity index (χ1) is 5.43. The number of aryl methyl sites for hydroxylation is 1. The Labute approximate surface area is 68.4 Å². The maximum Gasteiger partial charge on any atom is 0.0756 e. The van der Waals surface area contributed by atoms with Crippen LogP contribution in [0, 0.1) is 0 Å². The smallest absolute Gasteiger partial charge is 0.0756 e. The van der Waals surface area contributed by atoms with Crippen molar-refractivity contribution in [1.82, 2.24) is 0 Å². The normalized spacial score (nSPS) is 9.91. The first kappa shape index (κ1) is 8.28. The summed E-state index contributed by atoms with van der Waals surface area (Å²) in [7, 11) is 2.12. The molecular weight excluding hydrogens is 134 g/mol. The lowest BCUT2D eigenvalue weighted by Gasteiger charge is -1.97. The second-order valence-corrected chi connectivity index (χ2v) is 2.79. The Morgan fingerprint density at radius 3 is 2.55 bits per heavy atom. The number of rotatable bonds is 4. The van der Waals surface area contributed by atoms with E-state index < -0.39 is 0 Å². The van der Waals surface area contributed by atoms with Gasteiger partial charge in [-0.2, -0.15) is 0 Å². The molecule has 0 aliphatic heterocycles. The van der Waals surface area contributed by atoms with Crippen LogP contribution in [-0.2, 0) is 6.42 Å². The van der Waals surface area contributed by atoms with Gasteiger partial charge < -0.3 is 5.32 Å². The molecule has 0 aromatic heterocycles. The second-order valence-electron chi connectivity index (χ2n) is 2.79. The molecule has 0 atom stereocenters. The molecule has 0 bridgehead atoms. The molecule has 0 spiro atoms. The summed E-state index contributed by atoms with van der Waals surface area (Å²) in [6.07, 6.45) is 2.49.